The highest BCUT2D eigenvalue weighted by Crippen LogP contribution is 2.26. The Hall–Kier alpha value is -1.64. The number of sulfonamides is 1. The molecule has 8 heteroatoms. The van der Waals surface area contributed by atoms with Gasteiger partial charge in [-0.25, -0.2) is 13.6 Å². The molecule has 20 heavy (non-hydrogen) atoms. The summed E-state index contributed by atoms with van der Waals surface area (Å²) in [7, 11) is -3.57. The lowest BCUT2D eigenvalue weighted by atomic mass is 10.2. The predicted molar refractivity (Wildman–Crippen MR) is 78.7 cm³/mol. The molecule has 1 amide bonds. The molecule has 0 saturated carbocycles. The summed E-state index contributed by atoms with van der Waals surface area (Å²) in [5.74, 6) is -0.581. The molecular formula is C12H15N3O3S2. The van der Waals surface area contributed by atoms with Crippen molar-refractivity contribution in [1.82, 2.24) is 9.88 Å². The van der Waals surface area contributed by atoms with E-state index in [9.17, 15) is 13.2 Å². The van der Waals surface area contributed by atoms with Gasteiger partial charge < -0.3 is 9.88 Å². The van der Waals surface area contributed by atoms with E-state index in [2.05, 4.69) is 5.32 Å². The van der Waals surface area contributed by atoms with Crippen LogP contribution < -0.4 is 10.5 Å². The summed E-state index contributed by atoms with van der Waals surface area (Å²) in [6.45, 7) is 1.91. The smallest absolute Gasteiger partial charge is 0.254 e. The molecule has 6 nitrogen and oxygen atoms in total. The standard InChI is InChI=1S/C12H15N3O3S2/c1-9-8-10(11(16)14-4-7-20(13,17)18)12(19-9)15-5-2-3-6-15/h2-3,5-6,8H,4,7H2,1H3,(H,14,16)(H2,13,17,18). The molecule has 0 aliphatic heterocycles. The Labute approximate surface area is 121 Å². The van der Waals surface area contributed by atoms with Crippen LogP contribution >= 0.6 is 11.3 Å². The average molecular weight is 313 g/mol. The maximum absolute atomic E-state index is 12.1. The minimum Gasteiger partial charge on any atom is -0.351 e. The molecule has 108 valence electrons. The van der Waals surface area contributed by atoms with Crippen molar-refractivity contribution in [2.75, 3.05) is 12.3 Å². The highest BCUT2D eigenvalue weighted by molar-refractivity contribution is 7.89. The summed E-state index contributed by atoms with van der Waals surface area (Å²) in [6.07, 6.45) is 3.71. The SMILES string of the molecule is Cc1cc(C(=O)NCCS(N)(=O)=O)c(-n2cccc2)s1. The van der Waals surface area contributed by atoms with Crippen molar-refractivity contribution in [2.24, 2.45) is 5.14 Å². The molecule has 0 spiro atoms. The zero-order valence-electron chi connectivity index (χ0n) is 10.9. The molecule has 0 aromatic carbocycles. The van der Waals surface area contributed by atoms with E-state index >= 15 is 0 Å². The number of carbonyl (C=O) groups excluding carboxylic acids is 1. The number of rotatable bonds is 5. The van der Waals surface area contributed by atoms with Crippen molar-refractivity contribution in [3.63, 3.8) is 0 Å². The fraction of sp³-hybridized carbons (Fsp3) is 0.250. The van der Waals surface area contributed by atoms with Gasteiger partial charge in [0.1, 0.15) is 5.00 Å². The minimum absolute atomic E-state index is 0.00230. The molecule has 0 atom stereocenters. The van der Waals surface area contributed by atoms with Gasteiger partial charge in [0.05, 0.1) is 11.3 Å². The van der Waals surface area contributed by atoms with E-state index < -0.39 is 10.0 Å². The van der Waals surface area contributed by atoms with Gasteiger partial charge in [0.15, 0.2) is 0 Å². The highest BCUT2D eigenvalue weighted by Gasteiger charge is 2.16. The Balaban J connectivity index is 2.14. The summed E-state index contributed by atoms with van der Waals surface area (Å²) in [4.78, 5) is 13.1. The number of nitrogens with two attached hydrogens (primary N) is 1. The molecular weight excluding hydrogens is 298 g/mol. The van der Waals surface area contributed by atoms with E-state index in [-0.39, 0.29) is 18.2 Å². The van der Waals surface area contributed by atoms with Crippen LogP contribution in [0.25, 0.3) is 5.00 Å². The monoisotopic (exact) mass is 313 g/mol. The van der Waals surface area contributed by atoms with Crippen molar-refractivity contribution in [2.45, 2.75) is 6.92 Å². The van der Waals surface area contributed by atoms with E-state index in [1.807, 2.05) is 36.0 Å². The van der Waals surface area contributed by atoms with Gasteiger partial charge >= 0.3 is 0 Å². The average Bonchev–Trinajstić information content (AvgIpc) is 2.95. The topological polar surface area (TPSA) is 94.2 Å². The van der Waals surface area contributed by atoms with E-state index in [4.69, 9.17) is 5.14 Å². The lowest BCUT2D eigenvalue weighted by molar-refractivity contribution is 0.0956. The molecule has 2 aromatic heterocycles. The predicted octanol–water partition coefficient (Wildman–Crippen LogP) is 0.866. The van der Waals surface area contributed by atoms with Crippen LogP contribution in [-0.4, -0.2) is 31.2 Å². The maximum Gasteiger partial charge on any atom is 0.254 e. The number of hydrogen-bond acceptors (Lipinski definition) is 4. The summed E-state index contributed by atoms with van der Waals surface area (Å²) in [5.41, 5.74) is 0.526. The first-order valence-corrected chi connectivity index (χ1v) is 8.42. The summed E-state index contributed by atoms with van der Waals surface area (Å²) >= 11 is 1.50. The first-order chi connectivity index (χ1) is 9.37. The third-order valence-corrected chi connectivity index (χ3v) is 4.43. The van der Waals surface area contributed by atoms with E-state index in [1.165, 1.54) is 11.3 Å². The van der Waals surface area contributed by atoms with Gasteiger partial charge in [0, 0.05) is 23.8 Å². The van der Waals surface area contributed by atoms with Crippen molar-refractivity contribution in [3.8, 4) is 5.00 Å². The maximum atomic E-state index is 12.1. The van der Waals surface area contributed by atoms with Crippen molar-refractivity contribution in [3.05, 3.63) is 41.0 Å². The lowest BCUT2D eigenvalue weighted by Gasteiger charge is -2.06. The number of aryl methyl sites for hydroxylation is 1. The van der Waals surface area contributed by atoms with Crippen molar-refractivity contribution >= 4 is 27.3 Å². The zero-order valence-corrected chi connectivity index (χ0v) is 12.5. The van der Waals surface area contributed by atoms with Crippen molar-refractivity contribution in [1.29, 1.82) is 0 Å². The number of nitrogens with zero attached hydrogens (tertiary/aromatic N) is 1. The summed E-state index contributed by atoms with van der Waals surface area (Å²) in [6, 6.07) is 5.53. The first-order valence-electron chi connectivity index (χ1n) is 5.89. The Morgan fingerprint density at radius 3 is 2.65 bits per heavy atom. The molecule has 0 unspecified atom stereocenters. The molecule has 0 fully saturated rings. The summed E-state index contributed by atoms with van der Waals surface area (Å²) in [5, 5.41) is 8.26. The van der Waals surface area contributed by atoms with Crippen LogP contribution in [0.1, 0.15) is 15.2 Å². The van der Waals surface area contributed by atoms with Gasteiger partial charge in [-0.1, -0.05) is 0 Å². The van der Waals surface area contributed by atoms with Gasteiger partial charge in [0.2, 0.25) is 10.0 Å². The molecule has 0 saturated heterocycles. The fourth-order valence-corrected chi connectivity index (χ4v) is 3.09. The highest BCUT2D eigenvalue weighted by atomic mass is 32.2. The van der Waals surface area contributed by atoms with Gasteiger partial charge in [-0.05, 0) is 25.1 Å². The molecule has 0 aliphatic rings. The normalized spacial score (nSPS) is 11.5. The molecule has 0 bridgehead atoms. The van der Waals surface area contributed by atoms with Crippen molar-refractivity contribution < 1.29 is 13.2 Å². The molecule has 0 radical (unpaired) electrons. The van der Waals surface area contributed by atoms with Crippen LogP contribution in [0.3, 0.4) is 0 Å². The number of thiophene rings is 1. The molecule has 0 aliphatic carbocycles. The number of aromatic nitrogens is 1. The number of carbonyl (C=O) groups is 1. The van der Waals surface area contributed by atoms with Gasteiger partial charge in [-0.2, -0.15) is 0 Å². The lowest BCUT2D eigenvalue weighted by Crippen LogP contribution is -2.31. The largest absolute Gasteiger partial charge is 0.351 e. The number of amides is 1. The van der Waals surface area contributed by atoms with Crippen LogP contribution in [0.5, 0.6) is 0 Å². The van der Waals surface area contributed by atoms with Gasteiger partial charge in [-0.3, -0.25) is 4.79 Å². The van der Waals surface area contributed by atoms with E-state index in [1.54, 1.807) is 6.07 Å². The third-order valence-electron chi connectivity index (χ3n) is 2.59. The minimum atomic E-state index is -3.57. The van der Waals surface area contributed by atoms with Crippen LogP contribution in [0.2, 0.25) is 0 Å². The van der Waals surface area contributed by atoms with Crippen LogP contribution in [0, 0.1) is 6.92 Å². The Morgan fingerprint density at radius 1 is 1.40 bits per heavy atom. The number of primary sulfonamides is 1. The molecule has 2 heterocycles. The zero-order chi connectivity index (χ0) is 14.8. The Kier molecular flexibility index (Phi) is 4.26. The number of hydrogen-bond donors (Lipinski definition) is 2. The fourth-order valence-electron chi connectivity index (χ4n) is 1.73. The quantitative estimate of drug-likeness (QED) is 0.857. The Morgan fingerprint density at radius 2 is 2.05 bits per heavy atom. The second-order valence-corrected chi connectivity index (χ2v) is 7.26. The van der Waals surface area contributed by atoms with Crippen LogP contribution in [-0.2, 0) is 10.0 Å². The Bertz CT molecular complexity index is 702. The molecule has 2 aromatic rings. The van der Waals surface area contributed by atoms with Gasteiger partial charge in [-0.15, -0.1) is 11.3 Å². The second kappa shape index (κ2) is 5.78. The molecule has 3 N–H and O–H groups in total. The summed E-state index contributed by atoms with van der Waals surface area (Å²) < 4.78 is 23.5. The second-order valence-electron chi connectivity index (χ2n) is 4.29. The van der Waals surface area contributed by atoms with E-state index in [0.29, 0.717) is 5.56 Å². The van der Waals surface area contributed by atoms with Crippen LogP contribution in [0.15, 0.2) is 30.6 Å². The van der Waals surface area contributed by atoms with Crippen LogP contribution in [0.4, 0.5) is 0 Å². The van der Waals surface area contributed by atoms with Gasteiger partial charge in [0.25, 0.3) is 5.91 Å². The molecule has 2 rings (SSSR count). The third kappa shape index (κ3) is 3.69. The first kappa shape index (κ1) is 14.8. The van der Waals surface area contributed by atoms with E-state index in [0.717, 1.165) is 9.88 Å². The number of nitrogens with one attached hydrogen (secondary N) is 1.